The Kier molecular flexibility index (Phi) is 7.42. The van der Waals surface area contributed by atoms with Gasteiger partial charge in [-0.3, -0.25) is 9.48 Å². The summed E-state index contributed by atoms with van der Waals surface area (Å²) >= 11 is 3.44. The second-order valence-electron chi connectivity index (χ2n) is 7.40. The number of halogens is 1. The van der Waals surface area contributed by atoms with Crippen molar-refractivity contribution in [1.29, 1.82) is 0 Å². The lowest BCUT2D eigenvalue weighted by molar-refractivity contribution is 0.102. The van der Waals surface area contributed by atoms with Gasteiger partial charge in [0.2, 0.25) is 0 Å². The van der Waals surface area contributed by atoms with Crippen LogP contribution in [0.5, 0.6) is 11.5 Å². The molecule has 1 heterocycles. The van der Waals surface area contributed by atoms with Crippen LogP contribution in [0.4, 0.5) is 5.69 Å². The van der Waals surface area contributed by atoms with E-state index in [4.69, 9.17) is 9.47 Å². The monoisotopic (exact) mass is 505 g/mol. The number of nitrogens with zero attached hydrogens (tertiary/aromatic N) is 2. The van der Waals surface area contributed by atoms with Crippen LogP contribution in [0.3, 0.4) is 0 Å². The zero-order valence-corrected chi connectivity index (χ0v) is 19.8. The van der Waals surface area contributed by atoms with E-state index in [9.17, 15) is 4.79 Å². The Balaban J connectivity index is 1.33. The Morgan fingerprint density at radius 2 is 1.70 bits per heavy atom. The minimum atomic E-state index is -0.193. The van der Waals surface area contributed by atoms with Crippen LogP contribution in [0.1, 0.15) is 28.4 Å². The van der Waals surface area contributed by atoms with Crippen molar-refractivity contribution in [3.8, 4) is 11.5 Å². The molecule has 168 valence electrons. The number of ether oxygens (including phenoxy) is 2. The molecular weight excluding hydrogens is 482 g/mol. The highest BCUT2D eigenvalue weighted by molar-refractivity contribution is 9.10. The quantitative estimate of drug-likeness (QED) is 0.306. The van der Waals surface area contributed by atoms with Crippen molar-refractivity contribution in [2.75, 3.05) is 11.9 Å². The van der Waals surface area contributed by atoms with Gasteiger partial charge in [0.1, 0.15) is 18.1 Å². The summed E-state index contributed by atoms with van der Waals surface area (Å²) in [5.74, 6) is 1.36. The maximum Gasteiger partial charge on any atom is 0.255 e. The number of nitrogens with one attached hydrogen (secondary N) is 1. The Labute approximate surface area is 201 Å². The van der Waals surface area contributed by atoms with Gasteiger partial charge in [-0.05, 0) is 66.6 Å². The van der Waals surface area contributed by atoms with Gasteiger partial charge in [0, 0.05) is 16.2 Å². The number of benzene rings is 3. The predicted octanol–water partition coefficient (Wildman–Crippen LogP) is 5.92. The van der Waals surface area contributed by atoms with Crippen LogP contribution in [0.15, 0.2) is 89.7 Å². The first-order chi connectivity index (χ1) is 16.1. The van der Waals surface area contributed by atoms with Crippen molar-refractivity contribution in [1.82, 2.24) is 9.78 Å². The molecule has 33 heavy (non-hydrogen) atoms. The molecule has 7 heteroatoms. The topological polar surface area (TPSA) is 65.4 Å². The molecule has 0 fully saturated rings. The highest BCUT2D eigenvalue weighted by Gasteiger charge is 2.09. The number of carbonyl (C=O) groups excluding carboxylic acids is 1. The van der Waals surface area contributed by atoms with E-state index in [1.54, 1.807) is 16.9 Å². The van der Waals surface area contributed by atoms with E-state index < -0.39 is 0 Å². The number of carbonyl (C=O) groups is 1. The lowest BCUT2D eigenvalue weighted by Gasteiger charge is -2.09. The van der Waals surface area contributed by atoms with E-state index in [1.807, 2.05) is 79.9 Å². The second kappa shape index (κ2) is 10.8. The zero-order chi connectivity index (χ0) is 23.0. The normalized spacial score (nSPS) is 10.6. The molecule has 0 saturated heterocycles. The van der Waals surface area contributed by atoms with Crippen molar-refractivity contribution >= 4 is 27.5 Å². The van der Waals surface area contributed by atoms with Gasteiger partial charge in [0.25, 0.3) is 5.91 Å². The zero-order valence-electron chi connectivity index (χ0n) is 18.2. The molecule has 3 aromatic carbocycles. The maximum absolute atomic E-state index is 12.7. The summed E-state index contributed by atoms with van der Waals surface area (Å²) < 4.78 is 14.1. The number of aromatic nitrogens is 2. The van der Waals surface area contributed by atoms with Crippen LogP contribution in [0, 0.1) is 0 Å². The first-order valence-corrected chi connectivity index (χ1v) is 11.4. The molecule has 0 aliphatic rings. The van der Waals surface area contributed by atoms with E-state index >= 15 is 0 Å². The van der Waals surface area contributed by atoms with Crippen molar-refractivity contribution < 1.29 is 14.3 Å². The molecule has 0 aliphatic carbocycles. The third kappa shape index (κ3) is 6.46. The third-order valence-electron chi connectivity index (χ3n) is 4.88. The molecule has 0 unspecified atom stereocenters. The van der Waals surface area contributed by atoms with E-state index in [1.165, 1.54) is 0 Å². The summed E-state index contributed by atoms with van der Waals surface area (Å²) in [5.41, 5.74) is 3.23. The highest BCUT2D eigenvalue weighted by Crippen LogP contribution is 2.19. The van der Waals surface area contributed by atoms with Gasteiger partial charge in [-0.25, -0.2) is 0 Å². The van der Waals surface area contributed by atoms with Gasteiger partial charge in [0.05, 0.1) is 25.0 Å². The first kappa shape index (κ1) is 22.6. The van der Waals surface area contributed by atoms with E-state index in [-0.39, 0.29) is 5.91 Å². The molecule has 6 nitrogen and oxygen atoms in total. The van der Waals surface area contributed by atoms with Crippen LogP contribution in [0.25, 0.3) is 0 Å². The Morgan fingerprint density at radius 1 is 0.970 bits per heavy atom. The third-order valence-corrected chi connectivity index (χ3v) is 5.41. The fourth-order valence-corrected chi connectivity index (χ4v) is 3.53. The van der Waals surface area contributed by atoms with E-state index in [0.717, 1.165) is 27.1 Å². The molecule has 1 amide bonds. The number of hydrogen-bond donors (Lipinski definition) is 1. The number of anilines is 1. The average Bonchev–Trinajstić information content (AvgIpc) is 3.27. The number of rotatable bonds is 9. The number of hydrogen-bond acceptors (Lipinski definition) is 4. The smallest absolute Gasteiger partial charge is 0.255 e. The lowest BCUT2D eigenvalue weighted by atomic mass is 10.1. The van der Waals surface area contributed by atoms with Crippen LogP contribution in [-0.4, -0.2) is 22.3 Å². The Morgan fingerprint density at radius 3 is 2.42 bits per heavy atom. The summed E-state index contributed by atoms with van der Waals surface area (Å²) in [6.07, 6.45) is 3.47. The summed E-state index contributed by atoms with van der Waals surface area (Å²) in [7, 11) is 0. The van der Waals surface area contributed by atoms with Crippen LogP contribution in [0.2, 0.25) is 0 Å². The second-order valence-corrected chi connectivity index (χ2v) is 8.32. The fraction of sp³-hybridized carbons (Fsp3) is 0.154. The molecule has 1 aromatic heterocycles. The minimum Gasteiger partial charge on any atom is -0.494 e. The average molecular weight is 506 g/mol. The molecule has 0 bridgehead atoms. The van der Waals surface area contributed by atoms with Gasteiger partial charge >= 0.3 is 0 Å². The maximum atomic E-state index is 12.7. The molecule has 1 N–H and O–H groups in total. The van der Waals surface area contributed by atoms with E-state index in [2.05, 4.69) is 26.3 Å². The summed E-state index contributed by atoms with van der Waals surface area (Å²) in [6.45, 7) is 3.56. The van der Waals surface area contributed by atoms with Gasteiger partial charge < -0.3 is 14.8 Å². The fourth-order valence-electron chi connectivity index (χ4n) is 3.26. The molecular formula is C26H24BrN3O3. The SMILES string of the molecule is CCOc1ccc(OCc2cccc(C(=O)Nc3cnn(Cc4ccc(Br)cc4)c3)c2)cc1. The van der Waals surface area contributed by atoms with Gasteiger partial charge in [0.15, 0.2) is 0 Å². The van der Waals surface area contributed by atoms with Gasteiger partial charge in [-0.15, -0.1) is 0 Å². The minimum absolute atomic E-state index is 0.193. The molecule has 0 aliphatic heterocycles. The molecule has 4 rings (SSSR count). The molecule has 0 radical (unpaired) electrons. The first-order valence-electron chi connectivity index (χ1n) is 10.6. The standard InChI is InChI=1S/C26H24BrN3O3/c1-2-32-24-10-12-25(13-11-24)33-18-20-4-3-5-21(14-20)26(31)29-23-15-28-30(17-23)16-19-6-8-22(27)9-7-19/h3-15,17H,2,16,18H2,1H3,(H,29,31). The van der Waals surface area contributed by atoms with Crippen LogP contribution in [-0.2, 0) is 13.2 Å². The van der Waals surface area contributed by atoms with Crippen molar-refractivity contribution in [3.63, 3.8) is 0 Å². The van der Waals surface area contributed by atoms with E-state index in [0.29, 0.717) is 31.0 Å². The van der Waals surface area contributed by atoms with Crippen molar-refractivity contribution in [3.05, 3.63) is 106 Å². The number of amides is 1. The largest absolute Gasteiger partial charge is 0.494 e. The Hall–Kier alpha value is -3.58. The Bertz CT molecular complexity index is 1200. The highest BCUT2D eigenvalue weighted by atomic mass is 79.9. The van der Waals surface area contributed by atoms with Gasteiger partial charge in [-0.1, -0.05) is 40.2 Å². The van der Waals surface area contributed by atoms with Crippen molar-refractivity contribution in [2.24, 2.45) is 0 Å². The van der Waals surface area contributed by atoms with Crippen LogP contribution >= 0.6 is 15.9 Å². The molecule has 0 atom stereocenters. The molecule has 0 saturated carbocycles. The lowest BCUT2D eigenvalue weighted by Crippen LogP contribution is -2.12. The van der Waals surface area contributed by atoms with Gasteiger partial charge in [-0.2, -0.15) is 5.10 Å². The van der Waals surface area contributed by atoms with Crippen molar-refractivity contribution in [2.45, 2.75) is 20.1 Å². The summed E-state index contributed by atoms with van der Waals surface area (Å²) in [6, 6.07) is 22.9. The summed E-state index contributed by atoms with van der Waals surface area (Å²) in [4.78, 5) is 12.7. The molecule has 4 aromatic rings. The molecule has 0 spiro atoms. The summed E-state index contributed by atoms with van der Waals surface area (Å²) in [5, 5.41) is 7.25. The van der Waals surface area contributed by atoms with Crippen LogP contribution < -0.4 is 14.8 Å². The predicted molar refractivity (Wildman–Crippen MR) is 132 cm³/mol.